The molecule has 160 valence electrons. The topological polar surface area (TPSA) is 79.8 Å². The van der Waals surface area contributed by atoms with E-state index in [9.17, 15) is 22.0 Å². The lowest BCUT2D eigenvalue weighted by atomic mass is 10.2. The summed E-state index contributed by atoms with van der Waals surface area (Å²) in [5.74, 6) is -1.43. The Morgan fingerprint density at radius 2 is 1.77 bits per heavy atom. The molecule has 0 fully saturated rings. The Kier molecular flexibility index (Phi) is 5.28. The van der Waals surface area contributed by atoms with Gasteiger partial charge in [0, 0.05) is 6.07 Å². The molecule has 0 saturated carbocycles. The number of anilines is 2. The minimum atomic E-state index is -4.46. The zero-order chi connectivity index (χ0) is 22.3. The molecule has 3 aromatic rings. The Hall–Kier alpha value is -3.24. The zero-order valence-electron chi connectivity index (χ0n) is 15.9. The summed E-state index contributed by atoms with van der Waals surface area (Å²) < 4.78 is 60.5. The monoisotopic (exact) mass is 465 g/mol. The van der Waals surface area contributed by atoms with Gasteiger partial charge in [0.2, 0.25) is 5.88 Å². The van der Waals surface area contributed by atoms with Crippen molar-refractivity contribution >= 4 is 39.0 Å². The van der Waals surface area contributed by atoms with Gasteiger partial charge in [-0.15, -0.1) is 0 Å². The number of pyridine rings is 1. The number of nitrogens with zero attached hydrogens (tertiary/aromatic N) is 3. The van der Waals surface area contributed by atoms with E-state index in [1.54, 1.807) is 0 Å². The fraction of sp³-hybridized carbons (Fsp3) is 0.100. The molecule has 1 aliphatic heterocycles. The van der Waals surface area contributed by atoms with Crippen LogP contribution in [-0.4, -0.2) is 26.5 Å². The van der Waals surface area contributed by atoms with Gasteiger partial charge in [0.15, 0.2) is 0 Å². The van der Waals surface area contributed by atoms with E-state index in [4.69, 9.17) is 16.3 Å². The van der Waals surface area contributed by atoms with E-state index in [1.807, 2.05) is 0 Å². The van der Waals surface area contributed by atoms with Crippen LogP contribution in [0.25, 0.3) is 0 Å². The van der Waals surface area contributed by atoms with Crippen LogP contribution in [0.4, 0.5) is 25.0 Å². The molecule has 11 heteroatoms. The fourth-order valence-electron chi connectivity index (χ4n) is 3.22. The number of hydrogen-bond acceptors (Lipinski definition) is 5. The first-order chi connectivity index (χ1) is 14.8. The molecule has 1 aromatic heterocycles. The summed E-state index contributed by atoms with van der Waals surface area (Å²) in [4.78, 5) is 17.7. The molecule has 2 amide bonds. The Bertz CT molecular complexity index is 1290. The zero-order valence-corrected chi connectivity index (χ0v) is 17.5. The largest absolute Gasteiger partial charge is 0.481 e. The Morgan fingerprint density at radius 1 is 1.06 bits per heavy atom. The number of ether oxygens (including phenoxy) is 1. The van der Waals surface area contributed by atoms with Gasteiger partial charge in [-0.2, -0.15) is 4.31 Å². The third-order valence-electron chi connectivity index (χ3n) is 4.67. The highest BCUT2D eigenvalue weighted by Gasteiger charge is 2.44. The van der Waals surface area contributed by atoms with Gasteiger partial charge >= 0.3 is 6.03 Å². The molecule has 2 heterocycles. The predicted octanol–water partition coefficient (Wildman–Crippen LogP) is 4.36. The first-order valence-electron chi connectivity index (χ1n) is 8.84. The highest BCUT2D eigenvalue weighted by molar-refractivity contribution is 7.94. The van der Waals surface area contributed by atoms with E-state index in [0.717, 1.165) is 23.2 Å². The van der Waals surface area contributed by atoms with Crippen LogP contribution in [0.2, 0.25) is 5.02 Å². The maximum absolute atomic E-state index is 14.7. The lowest BCUT2D eigenvalue weighted by molar-refractivity contribution is 0.253. The molecule has 0 saturated heterocycles. The van der Waals surface area contributed by atoms with Crippen molar-refractivity contribution < 1.29 is 26.7 Å². The molecule has 1 aliphatic rings. The molecule has 0 bridgehead atoms. The van der Waals surface area contributed by atoms with Crippen molar-refractivity contribution in [3.05, 3.63) is 76.9 Å². The first kappa shape index (κ1) is 21.0. The van der Waals surface area contributed by atoms with Crippen LogP contribution in [0.15, 0.2) is 59.6 Å². The molecule has 2 aromatic carbocycles. The van der Waals surface area contributed by atoms with Crippen molar-refractivity contribution in [2.75, 3.05) is 16.3 Å². The van der Waals surface area contributed by atoms with Crippen LogP contribution in [0.3, 0.4) is 0 Å². The molecule has 0 spiro atoms. The molecular weight excluding hydrogens is 452 g/mol. The molecule has 0 atom stereocenters. The van der Waals surface area contributed by atoms with Crippen molar-refractivity contribution in [2.24, 2.45) is 0 Å². The average molecular weight is 466 g/mol. The molecular formula is C20H14ClF2N3O4S. The quantitative estimate of drug-likeness (QED) is 0.572. The summed E-state index contributed by atoms with van der Waals surface area (Å²) in [5, 5.41) is -0.251. The van der Waals surface area contributed by atoms with Gasteiger partial charge in [-0.1, -0.05) is 29.8 Å². The second-order valence-electron chi connectivity index (χ2n) is 6.50. The number of benzene rings is 2. The maximum atomic E-state index is 14.7. The number of amides is 2. The first-order valence-corrected chi connectivity index (χ1v) is 10.7. The molecule has 31 heavy (non-hydrogen) atoms. The smallest absolute Gasteiger partial charge is 0.343 e. The third kappa shape index (κ3) is 3.47. The highest BCUT2D eigenvalue weighted by atomic mass is 35.5. The summed E-state index contributed by atoms with van der Waals surface area (Å²) >= 11 is 6.01. The Morgan fingerprint density at radius 3 is 2.45 bits per heavy atom. The van der Waals surface area contributed by atoms with Gasteiger partial charge < -0.3 is 4.74 Å². The van der Waals surface area contributed by atoms with Gasteiger partial charge in [0.1, 0.15) is 22.2 Å². The minimum absolute atomic E-state index is 0.0731. The normalized spacial score (nSPS) is 15.0. The number of sulfonamides is 1. The number of rotatable bonds is 4. The van der Waals surface area contributed by atoms with E-state index in [-0.39, 0.29) is 28.7 Å². The summed E-state index contributed by atoms with van der Waals surface area (Å²) in [6, 6.07) is 9.07. The number of fused-ring (bicyclic) bond motifs is 1. The van der Waals surface area contributed by atoms with Crippen LogP contribution >= 0.6 is 11.6 Å². The number of aromatic nitrogens is 1. The molecule has 0 N–H and O–H groups in total. The standard InChI is InChI=1S/C20H14ClF2N3O4S/c1-30-17-9-8-13(10-24-17)26-20(27)25(11-12-4-2-5-14(22)18(12)21)19-15(23)6-3-7-16(19)31(26,28)29/h2-10H,11H2,1H3. The van der Waals surface area contributed by atoms with Crippen molar-refractivity contribution in [1.82, 2.24) is 4.98 Å². The number of halogens is 3. The van der Waals surface area contributed by atoms with Crippen molar-refractivity contribution in [3.8, 4) is 5.88 Å². The van der Waals surface area contributed by atoms with Crippen LogP contribution in [0.5, 0.6) is 5.88 Å². The summed E-state index contributed by atoms with van der Waals surface area (Å²) in [6.07, 6.45) is 1.14. The van der Waals surface area contributed by atoms with Crippen LogP contribution in [-0.2, 0) is 16.6 Å². The number of carbonyl (C=O) groups excluding carboxylic acids is 1. The van der Waals surface area contributed by atoms with E-state index in [1.165, 1.54) is 43.5 Å². The minimum Gasteiger partial charge on any atom is -0.481 e. The van der Waals surface area contributed by atoms with Crippen molar-refractivity contribution in [2.45, 2.75) is 11.4 Å². The SMILES string of the molecule is COc1ccc(N2C(=O)N(Cc3cccc(F)c3Cl)c3c(F)cccc3S2(=O)=O)cn1. The van der Waals surface area contributed by atoms with Crippen molar-refractivity contribution in [1.29, 1.82) is 0 Å². The van der Waals surface area contributed by atoms with Gasteiger partial charge in [0.05, 0.1) is 30.6 Å². The number of hydrogen-bond donors (Lipinski definition) is 0. The van der Waals surface area contributed by atoms with Crippen LogP contribution in [0.1, 0.15) is 5.56 Å². The average Bonchev–Trinajstić information content (AvgIpc) is 2.74. The molecule has 4 rings (SSSR count). The van der Waals surface area contributed by atoms with E-state index >= 15 is 0 Å². The molecule has 0 aliphatic carbocycles. The third-order valence-corrected chi connectivity index (χ3v) is 6.82. The Labute approximate surface area is 181 Å². The van der Waals surface area contributed by atoms with Gasteiger partial charge in [-0.25, -0.2) is 27.0 Å². The van der Waals surface area contributed by atoms with Crippen molar-refractivity contribution in [3.63, 3.8) is 0 Å². The lowest BCUT2D eigenvalue weighted by Gasteiger charge is -2.36. The molecule has 0 radical (unpaired) electrons. The van der Waals surface area contributed by atoms with Gasteiger partial charge in [-0.05, 0) is 29.8 Å². The number of carbonyl (C=O) groups is 1. The summed E-state index contributed by atoms with van der Waals surface area (Å²) in [6.45, 7) is -0.362. The summed E-state index contributed by atoms with van der Waals surface area (Å²) in [7, 11) is -3.07. The van der Waals surface area contributed by atoms with E-state index in [0.29, 0.717) is 4.31 Å². The highest BCUT2D eigenvalue weighted by Crippen LogP contribution is 2.40. The Balaban J connectivity index is 1.90. The van der Waals surface area contributed by atoms with Gasteiger partial charge in [-0.3, -0.25) is 4.90 Å². The fourth-order valence-corrected chi connectivity index (χ4v) is 5.00. The second-order valence-corrected chi connectivity index (χ2v) is 8.63. The summed E-state index contributed by atoms with van der Waals surface area (Å²) in [5.41, 5.74) is -0.335. The van der Waals surface area contributed by atoms with Gasteiger partial charge in [0.25, 0.3) is 10.0 Å². The maximum Gasteiger partial charge on any atom is 0.343 e. The van der Waals surface area contributed by atoms with E-state index < -0.39 is 38.3 Å². The van der Waals surface area contributed by atoms with Crippen LogP contribution in [0, 0.1) is 11.6 Å². The molecule has 0 unspecified atom stereocenters. The number of urea groups is 1. The number of methoxy groups -OCH3 is 1. The van der Waals surface area contributed by atoms with E-state index in [2.05, 4.69) is 4.98 Å². The van der Waals surface area contributed by atoms with Crippen LogP contribution < -0.4 is 13.9 Å². The second kappa shape index (κ2) is 7.78. The lowest BCUT2D eigenvalue weighted by Crippen LogP contribution is -2.51. The number of para-hydroxylation sites is 1. The predicted molar refractivity (Wildman–Crippen MR) is 110 cm³/mol. The molecule has 7 nitrogen and oxygen atoms in total.